The molecule has 72 valence electrons. The second kappa shape index (κ2) is 4.61. The predicted molar refractivity (Wildman–Crippen MR) is 52.3 cm³/mol. The van der Waals surface area contributed by atoms with Gasteiger partial charge in [0.1, 0.15) is 5.78 Å². The number of Topliss-reactive ketones (excluding diaryl/α,β-unsaturated/α-hetero) is 1. The van der Waals surface area contributed by atoms with Gasteiger partial charge in [-0.15, -0.1) is 0 Å². The van der Waals surface area contributed by atoms with Crippen LogP contribution in [0.2, 0.25) is 0 Å². The molecule has 0 spiro atoms. The molecule has 0 aromatic heterocycles. The molecule has 0 saturated heterocycles. The van der Waals surface area contributed by atoms with Gasteiger partial charge in [0.05, 0.1) is 6.54 Å². The van der Waals surface area contributed by atoms with Crippen molar-refractivity contribution in [3.8, 4) is 0 Å². The lowest BCUT2D eigenvalue weighted by Gasteiger charge is -2.34. The van der Waals surface area contributed by atoms with Crippen molar-refractivity contribution in [1.29, 1.82) is 0 Å². The van der Waals surface area contributed by atoms with Crippen LogP contribution in [0.15, 0.2) is 0 Å². The van der Waals surface area contributed by atoms with Gasteiger partial charge in [-0.1, -0.05) is 6.92 Å². The second-order valence-electron chi connectivity index (χ2n) is 4.29. The lowest BCUT2D eigenvalue weighted by molar-refractivity contribution is -0.119. The highest BCUT2D eigenvalue weighted by molar-refractivity contribution is 5.77. The van der Waals surface area contributed by atoms with Gasteiger partial charge < -0.3 is 0 Å². The summed E-state index contributed by atoms with van der Waals surface area (Å²) in [5.41, 5.74) is 0.113. The first-order chi connectivity index (χ1) is 5.38. The summed E-state index contributed by atoms with van der Waals surface area (Å²) < 4.78 is 0. The van der Waals surface area contributed by atoms with Crippen LogP contribution >= 0.6 is 0 Å². The summed E-state index contributed by atoms with van der Waals surface area (Å²) >= 11 is 0. The van der Waals surface area contributed by atoms with Crippen molar-refractivity contribution in [2.24, 2.45) is 0 Å². The van der Waals surface area contributed by atoms with E-state index in [2.05, 4.69) is 32.6 Å². The molecule has 0 aliphatic carbocycles. The minimum Gasteiger partial charge on any atom is -0.299 e. The molecule has 0 bridgehead atoms. The van der Waals surface area contributed by atoms with Crippen LogP contribution in [-0.2, 0) is 4.79 Å². The second-order valence-corrected chi connectivity index (χ2v) is 4.29. The Kier molecular flexibility index (Phi) is 4.46. The van der Waals surface area contributed by atoms with E-state index in [-0.39, 0.29) is 11.3 Å². The van der Waals surface area contributed by atoms with Gasteiger partial charge in [-0.2, -0.15) is 0 Å². The molecule has 0 radical (unpaired) electrons. The third-order valence-corrected chi connectivity index (χ3v) is 1.86. The molecule has 2 nitrogen and oxygen atoms in total. The average Bonchev–Trinajstić information content (AvgIpc) is 1.83. The maximum absolute atomic E-state index is 10.9. The zero-order valence-electron chi connectivity index (χ0n) is 8.98. The number of carbonyl (C=O) groups is 1. The van der Waals surface area contributed by atoms with Crippen LogP contribution in [0.3, 0.4) is 0 Å². The Morgan fingerprint density at radius 2 is 1.83 bits per heavy atom. The van der Waals surface area contributed by atoms with Crippen molar-refractivity contribution in [2.75, 3.05) is 13.1 Å². The van der Waals surface area contributed by atoms with Crippen molar-refractivity contribution in [2.45, 2.75) is 46.6 Å². The highest BCUT2D eigenvalue weighted by Gasteiger charge is 2.20. The standard InChI is InChI=1S/C10H21NO/c1-6-7-11(8-9(2)12)10(3,4)5/h6-8H2,1-5H3. The zero-order valence-corrected chi connectivity index (χ0v) is 8.98. The molecule has 12 heavy (non-hydrogen) atoms. The van der Waals surface area contributed by atoms with Gasteiger partial charge in [0.15, 0.2) is 0 Å². The topological polar surface area (TPSA) is 20.3 Å². The third kappa shape index (κ3) is 4.50. The molecule has 2 heteroatoms. The normalized spacial score (nSPS) is 12.2. The van der Waals surface area contributed by atoms with Crippen LogP contribution in [0.25, 0.3) is 0 Å². The van der Waals surface area contributed by atoms with E-state index in [0.29, 0.717) is 6.54 Å². The summed E-state index contributed by atoms with van der Waals surface area (Å²) in [6.07, 6.45) is 1.10. The summed E-state index contributed by atoms with van der Waals surface area (Å²) in [6.45, 7) is 11.8. The SMILES string of the molecule is CCCN(CC(C)=O)C(C)(C)C. The van der Waals surface area contributed by atoms with Gasteiger partial charge in [-0.25, -0.2) is 0 Å². The lowest BCUT2D eigenvalue weighted by Crippen LogP contribution is -2.44. The first-order valence-corrected chi connectivity index (χ1v) is 4.62. The largest absolute Gasteiger partial charge is 0.299 e. The summed E-state index contributed by atoms with van der Waals surface area (Å²) in [4.78, 5) is 13.2. The van der Waals surface area contributed by atoms with Crippen LogP contribution in [-0.4, -0.2) is 29.3 Å². The number of carbonyl (C=O) groups excluding carboxylic acids is 1. The zero-order chi connectivity index (χ0) is 9.78. The Bertz CT molecular complexity index is 146. The summed E-state index contributed by atoms with van der Waals surface area (Å²) in [5.74, 6) is 0.248. The molecule has 0 aromatic carbocycles. The molecule has 0 aliphatic heterocycles. The fourth-order valence-electron chi connectivity index (χ4n) is 1.19. The Morgan fingerprint density at radius 3 is 2.08 bits per heavy atom. The van der Waals surface area contributed by atoms with Crippen LogP contribution in [0.5, 0.6) is 0 Å². The van der Waals surface area contributed by atoms with E-state index in [1.54, 1.807) is 6.92 Å². The Morgan fingerprint density at radius 1 is 1.33 bits per heavy atom. The predicted octanol–water partition coefficient (Wildman–Crippen LogP) is 2.09. The van der Waals surface area contributed by atoms with Crippen molar-refractivity contribution >= 4 is 5.78 Å². The van der Waals surface area contributed by atoms with E-state index >= 15 is 0 Å². The van der Waals surface area contributed by atoms with Crippen LogP contribution < -0.4 is 0 Å². The molecule has 0 saturated carbocycles. The van der Waals surface area contributed by atoms with E-state index < -0.39 is 0 Å². The first kappa shape index (κ1) is 11.6. The number of hydrogen-bond acceptors (Lipinski definition) is 2. The molecular weight excluding hydrogens is 150 g/mol. The van der Waals surface area contributed by atoms with Gasteiger partial charge >= 0.3 is 0 Å². The molecule has 0 unspecified atom stereocenters. The third-order valence-electron chi connectivity index (χ3n) is 1.86. The summed E-state index contributed by atoms with van der Waals surface area (Å²) in [5, 5.41) is 0. The van der Waals surface area contributed by atoms with Gasteiger partial charge in [0.25, 0.3) is 0 Å². The number of hydrogen-bond donors (Lipinski definition) is 0. The molecule has 0 rings (SSSR count). The fourth-order valence-corrected chi connectivity index (χ4v) is 1.19. The monoisotopic (exact) mass is 171 g/mol. The van der Waals surface area contributed by atoms with Crippen molar-refractivity contribution in [3.63, 3.8) is 0 Å². The molecule has 0 atom stereocenters. The smallest absolute Gasteiger partial charge is 0.143 e. The first-order valence-electron chi connectivity index (χ1n) is 4.62. The van der Waals surface area contributed by atoms with Gasteiger partial charge in [-0.05, 0) is 40.7 Å². The van der Waals surface area contributed by atoms with E-state index in [4.69, 9.17) is 0 Å². The summed E-state index contributed by atoms with van der Waals surface area (Å²) in [6, 6.07) is 0. The Hall–Kier alpha value is -0.370. The average molecular weight is 171 g/mol. The van der Waals surface area contributed by atoms with Gasteiger partial charge in [-0.3, -0.25) is 9.69 Å². The van der Waals surface area contributed by atoms with Crippen LogP contribution in [0, 0.1) is 0 Å². The molecule has 0 N–H and O–H groups in total. The molecular formula is C10H21NO. The molecule has 0 aromatic rings. The maximum atomic E-state index is 10.9. The fraction of sp³-hybridized carbons (Fsp3) is 0.900. The summed E-state index contributed by atoms with van der Waals surface area (Å²) in [7, 11) is 0. The number of ketones is 1. The quantitative estimate of drug-likeness (QED) is 0.645. The highest BCUT2D eigenvalue weighted by atomic mass is 16.1. The maximum Gasteiger partial charge on any atom is 0.143 e. The van der Waals surface area contributed by atoms with Crippen molar-refractivity contribution in [1.82, 2.24) is 4.90 Å². The van der Waals surface area contributed by atoms with Crippen molar-refractivity contribution in [3.05, 3.63) is 0 Å². The van der Waals surface area contributed by atoms with Crippen molar-refractivity contribution < 1.29 is 4.79 Å². The minimum absolute atomic E-state index is 0.113. The van der Waals surface area contributed by atoms with E-state index in [0.717, 1.165) is 13.0 Å². The molecule has 0 aliphatic rings. The van der Waals surface area contributed by atoms with E-state index in [1.165, 1.54) is 0 Å². The highest BCUT2D eigenvalue weighted by Crippen LogP contribution is 2.12. The van der Waals surface area contributed by atoms with Crippen LogP contribution in [0.4, 0.5) is 0 Å². The van der Waals surface area contributed by atoms with Gasteiger partial charge in [0.2, 0.25) is 0 Å². The minimum atomic E-state index is 0.113. The van der Waals surface area contributed by atoms with Gasteiger partial charge in [0, 0.05) is 5.54 Å². The van der Waals surface area contributed by atoms with Crippen LogP contribution in [0.1, 0.15) is 41.0 Å². The number of rotatable bonds is 4. The Balaban J connectivity index is 4.13. The molecule has 0 heterocycles. The Labute approximate surface area is 75.9 Å². The molecule has 0 fully saturated rings. The lowest BCUT2D eigenvalue weighted by atomic mass is 10.1. The van der Waals surface area contributed by atoms with E-state index in [9.17, 15) is 4.79 Å². The molecule has 0 amide bonds. The number of nitrogens with zero attached hydrogens (tertiary/aromatic N) is 1. The van der Waals surface area contributed by atoms with E-state index in [1.807, 2.05) is 0 Å².